The summed E-state index contributed by atoms with van der Waals surface area (Å²) in [5, 5.41) is 6.83. The van der Waals surface area contributed by atoms with Crippen LogP contribution in [0, 0.1) is 0 Å². The van der Waals surface area contributed by atoms with Crippen LogP contribution in [-0.4, -0.2) is 4.98 Å². The van der Waals surface area contributed by atoms with Gasteiger partial charge in [0.2, 0.25) is 0 Å². The van der Waals surface area contributed by atoms with Crippen LogP contribution in [0.15, 0.2) is 97.1 Å². The van der Waals surface area contributed by atoms with Gasteiger partial charge in [0.25, 0.3) is 0 Å². The number of aromatic nitrogens is 1. The molecular formula is C37H27NS. The first-order valence-corrected chi connectivity index (χ1v) is 14.7. The summed E-state index contributed by atoms with van der Waals surface area (Å²) in [5.74, 6) is 0.367. The number of nitrogens with one attached hydrogen (secondary N) is 1. The molecule has 39 heavy (non-hydrogen) atoms. The Labute approximate surface area is 231 Å². The van der Waals surface area contributed by atoms with Gasteiger partial charge in [-0.25, -0.2) is 0 Å². The first-order chi connectivity index (χ1) is 19.1. The van der Waals surface area contributed by atoms with E-state index in [2.05, 4.69) is 122 Å². The van der Waals surface area contributed by atoms with E-state index in [1.165, 1.54) is 80.9 Å². The van der Waals surface area contributed by atoms with Crippen LogP contribution in [0.2, 0.25) is 0 Å². The molecule has 1 unspecified atom stereocenters. The van der Waals surface area contributed by atoms with Gasteiger partial charge < -0.3 is 4.98 Å². The van der Waals surface area contributed by atoms with Gasteiger partial charge in [0.05, 0.1) is 5.52 Å². The summed E-state index contributed by atoms with van der Waals surface area (Å²) < 4.78 is 1.42. The zero-order chi connectivity index (χ0) is 25.9. The zero-order valence-electron chi connectivity index (χ0n) is 22.0. The molecule has 2 aliphatic rings. The first-order valence-electron chi connectivity index (χ1n) is 13.9. The maximum Gasteiger partial charge on any atom is 0.0551 e. The predicted molar refractivity (Wildman–Crippen MR) is 168 cm³/mol. The zero-order valence-corrected chi connectivity index (χ0v) is 22.8. The largest absolute Gasteiger partial charge is 0.354 e. The van der Waals surface area contributed by atoms with Crippen molar-refractivity contribution in [1.82, 2.24) is 4.98 Å². The summed E-state index contributed by atoms with van der Waals surface area (Å²) >= 11 is 1.96. The van der Waals surface area contributed by atoms with E-state index in [1.54, 1.807) is 0 Å². The highest BCUT2D eigenvalue weighted by Gasteiger charge is 2.36. The Kier molecular flexibility index (Phi) is 4.18. The molecule has 2 heteroatoms. The lowest BCUT2D eigenvalue weighted by Gasteiger charge is -2.24. The minimum atomic E-state index is 0.0235. The molecule has 0 amide bonds. The Morgan fingerprint density at radius 2 is 1.49 bits per heavy atom. The smallest absolute Gasteiger partial charge is 0.0551 e. The van der Waals surface area contributed by atoms with E-state index >= 15 is 0 Å². The third-order valence-electron chi connectivity index (χ3n) is 9.38. The average Bonchev–Trinajstić information content (AvgIpc) is 3.61. The normalized spacial score (nSPS) is 17.2. The van der Waals surface area contributed by atoms with Crippen molar-refractivity contribution in [2.75, 3.05) is 0 Å². The molecule has 0 fully saturated rings. The lowest BCUT2D eigenvalue weighted by Crippen LogP contribution is -2.15. The molecule has 9 rings (SSSR count). The summed E-state index contributed by atoms with van der Waals surface area (Å²) in [7, 11) is 0. The van der Waals surface area contributed by atoms with Crippen molar-refractivity contribution in [2.45, 2.75) is 31.6 Å². The number of hydrogen-bond donors (Lipinski definition) is 1. The molecule has 0 saturated heterocycles. The summed E-state index contributed by atoms with van der Waals surface area (Å²) in [6.45, 7) is 4.75. The highest BCUT2D eigenvalue weighted by atomic mass is 32.1. The summed E-state index contributed by atoms with van der Waals surface area (Å²) in [5.41, 5.74) is 11.1. The molecule has 1 N–H and O–H groups in total. The van der Waals surface area contributed by atoms with Crippen molar-refractivity contribution in [1.29, 1.82) is 0 Å². The number of aromatic amines is 1. The SMILES string of the molecule is CC1(C)c2ccccc2-c2ccc(C3C=Cc4sc5c6ccccc6c6[nH]c7ccccc7c6c5c4C3)cc21. The van der Waals surface area contributed by atoms with Gasteiger partial charge in [0.1, 0.15) is 0 Å². The third-order valence-corrected chi connectivity index (χ3v) is 10.6. The van der Waals surface area contributed by atoms with E-state index in [0.29, 0.717) is 5.92 Å². The lowest BCUT2D eigenvalue weighted by molar-refractivity contribution is 0.658. The first kappa shape index (κ1) is 21.8. The fraction of sp³-hybridized carbons (Fsp3) is 0.135. The lowest BCUT2D eigenvalue weighted by atomic mass is 9.79. The fourth-order valence-corrected chi connectivity index (χ4v) is 8.74. The maximum absolute atomic E-state index is 3.79. The highest BCUT2D eigenvalue weighted by Crippen LogP contribution is 2.51. The molecule has 0 bridgehead atoms. The number of allylic oxidation sites excluding steroid dienone is 1. The van der Waals surface area contributed by atoms with Gasteiger partial charge in [0.15, 0.2) is 0 Å². The second-order valence-electron chi connectivity index (χ2n) is 11.8. The molecule has 1 atom stereocenters. The van der Waals surface area contributed by atoms with Crippen molar-refractivity contribution in [3.8, 4) is 11.1 Å². The van der Waals surface area contributed by atoms with Crippen LogP contribution in [0.5, 0.6) is 0 Å². The molecule has 2 aliphatic carbocycles. The number of H-pyrrole nitrogens is 1. The summed E-state index contributed by atoms with van der Waals surface area (Å²) in [6, 6.07) is 33.9. The van der Waals surface area contributed by atoms with Crippen molar-refractivity contribution < 1.29 is 0 Å². The molecule has 2 heterocycles. The van der Waals surface area contributed by atoms with Crippen molar-refractivity contribution in [2.24, 2.45) is 0 Å². The molecule has 0 radical (unpaired) electrons. The van der Waals surface area contributed by atoms with Gasteiger partial charge in [-0.1, -0.05) is 105 Å². The predicted octanol–water partition coefficient (Wildman–Crippen LogP) is 10.3. The van der Waals surface area contributed by atoms with Crippen LogP contribution >= 0.6 is 11.3 Å². The number of hydrogen-bond acceptors (Lipinski definition) is 1. The molecule has 0 spiro atoms. The van der Waals surface area contributed by atoms with E-state index in [1.807, 2.05) is 11.3 Å². The molecule has 1 nitrogen and oxygen atoms in total. The maximum atomic E-state index is 3.79. The fourth-order valence-electron chi connectivity index (χ4n) is 7.45. The van der Waals surface area contributed by atoms with Gasteiger partial charge in [0, 0.05) is 53.4 Å². The standard InChI is InChI=1S/C37H27NS/c1-37(2)29-13-7-5-9-23(29)24-17-15-22(20-30(24)37)21-16-18-32-28(19-21)34-33-27-12-6-8-14-31(27)38-35(33)25-10-3-4-11-26(25)36(34)39-32/h3-18,20-21,38H,19H2,1-2H3. The number of thiophene rings is 1. The molecule has 5 aromatic carbocycles. The Bertz CT molecular complexity index is 2190. The van der Waals surface area contributed by atoms with Gasteiger partial charge in [-0.15, -0.1) is 11.3 Å². The van der Waals surface area contributed by atoms with Crippen LogP contribution in [0.25, 0.3) is 59.9 Å². The van der Waals surface area contributed by atoms with E-state index < -0.39 is 0 Å². The highest BCUT2D eigenvalue weighted by molar-refractivity contribution is 7.21. The second-order valence-corrected chi connectivity index (χ2v) is 12.8. The average molecular weight is 518 g/mol. The Morgan fingerprint density at radius 3 is 2.38 bits per heavy atom. The number of benzene rings is 5. The van der Waals surface area contributed by atoms with Crippen LogP contribution in [-0.2, 0) is 11.8 Å². The number of fused-ring (bicyclic) bond motifs is 13. The van der Waals surface area contributed by atoms with Crippen LogP contribution < -0.4 is 0 Å². The van der Waals surface area contributed by atoms with E-state index in [4.69, 9.17) is 0 Å². The van der Waals surface area contributed by atoms with Crippen molar-refractivity contribution >= 4 is 60.1 Å². The van der Waals surface area contributed by atoms with Gasteiger partial charge >= 0.3 is 0 Å². The molecule has 2 aromatic heterocycles. The monoisotopic (exact) mass is 517 g/mol. The molecule has 0 aliphatic heterocycles. The van der Waals surface area contributed by atoms with Crippen molar-refractivity contribution in [3.05, 3.63) is 124 Å². The van der Waals surface area contributed by atoms with Gasteiger partial charge in [-0.2, -0.15) is 0 Å². The Balaban J connectivity index is 1.26. The Morgan fingerprint density at radius 1 is 0.744 bits per heavy atom. The quantitative estimate of drug-likeness (QED) is 0.223. The van der Waals surface area contributed by atoms with Gasteiger partial charge in [-0.05, 0) is 51.9 Å². The van der Waals surface area contributed by atoms with E-state index in [0.717, 1.165) is 6.42 Å². The molecular weight excluding hydrogens is 490 g/mol. The topological polar surface area (TPSA) is 15.8 Å². The van der Waals surface area contributed by atoms with Crippen LogP contribution in [0.3, 0.4) is 0 Å². The van der Waals surface area contributed by atoms with Crippen LogP contribution in [0.4, 0.5) is 0 Å². The van der Waals surface area contributed by atoms with Crippen LogP contribution in [0.1, 0.15) is 46.9 Å². The summed E-state index contributed by atoms with van der Waals surface area (Å²) in [4.78, 5) is 5.20. The summed E-state index contributed by atoms with van der Waals surface area (Å²) in [6.07, 6.45) is 5.88. The minimum absolute atomic E-state index is 0.0235. The van der Waals surface area contributed by atoms with Crippen molar-refractivity contribution in [3.63, 3.8) is 0 Å². The van der Waals surface area contributed by atoms with E-state index in [9.17, 15) is 0 Å². The Hall–Kier alpha value is -4.14. The van der Waals surface area contributed by atoms with E-state index in [-0.39, 0.29) is 5.41 Å². The minimum Gasteiger partial charge on any atom is -0.354 e. The number of rotatable bonds is 1. The number of para-hydroxylation sites is 1. The molecule has 0 saturated carbocycles. The third kappa shape index (κ3) is 2.80. The van der Waals surface area contributed by atoms with Gasteiger partial charge in [-0.3, -0.25) is 0 Å². The second kappa shape index (κ2) is 7.49. The molecule has 186 valence electrons. The molecule has 7 aromatic rings.